The maximum absolute atomic E-state index is 11.7. The van der Waals surface area contributed by atoms with Crippen molar-refractivity contribution in [2.75, 3.05) is 13.1 Å². The van der Waals surface area contributed by atoms with Crippen molar-refractivity contribution in [2.45, 2.75) is 6.92 Å². The van der Waals surface area contributed by atoms with E-state index in [9.17, 15) is 4.79 Å². The van der Waals surface area contributed by atoms with Gasteiger partial charge in [-0.15, -0.1) is 11.3 Å². The highest BCUT2D eigenvalue weighted by atomic mass is 32.1. The number of aryl methyl sites for hydroxylation is 1. The Labute approximate surface area is 106 Å². The van der Waals surface area contributed by atoms with Crippen molar-refractivity contribution >= 4 is 22.8 Å². The van der Waals surface area contributed by atoms with Gasteiger partial charge in [-0.05, 0) is 25.1 Å². The fourth-order valence-electron chi connectivity index (χ4n) is 1.26. The molecule has 17 heavy (non-hydrogen) atoms. The summed E-state index contributed by atoms with van der Waals surface area (Å²) in [4.78, 5) is 17.7. The molecular weight excluding hydrogens is 232 g/mol. The summed E-state index contributed by atoms with van der Waals surface area (Å²) in [6.07, 6.45) is 3.11. The highest BCUT2D eigenvalue weighted by molar-refractivity contribution is 7.14. The third-order valence-electron chi connectivity index (χ3n) is 2.10. The average Bonchev–Trinajstić information content (AvgIpc) is 2.74. The molecule has 0 atom stereocenters. The maximum Gasteiger partial charge on any atom is 0.186 e. The Morgan fingerprint density at radius 2 is 2.24 bits per heavy atom. The molecule has 1 rings (SSSR count). The number of thiophene rings is 1. The number of ketones is 1. The molecule has 0 radical (unpaired) electrons. The first-order valence-corrected chi connectivity index (χ1v) is 6.09. The molecular formula is C13H16N2OS. The van der Waals surface area contributed by atoms with Crippen LogP contribution in [-0.4, -0.2) is 24.6 Å². The van der Waals surface area contributed by atoms with Crippen molar-refractivity contribution in [3.05, 3.63) is 47.3 Å². The van der Waals surface area contributed by atoms with Crippen molar-refractivity contribution in [2.24, 2.45) is 4.99 Å². The molecule has 0 aromatic carbocycles. The summed E-state index contributed by atoms with van der Waals surface area (Å²) < 4.78 is 0. The number of aliphatic imine (C=N–C) groups is 1. The smallest absolute Gasteiger partial charge is 0.186 e. The third kappa shape index (κ3) is 4.46. The highest BCUT2D eigenvalue weighted by Gasteiger charge is 2.07. The Kier molecular flexibility index (Phi) is 5.52. The molecule has 0 aliphatic carbocycles. The lowest BCUT2D eigenvalue weighted by atomic mass is 10.3. The Morgan fingerprint density at radius 1 is 1.47 bits per heavy atom. The number of nitrogens with zero attached hydrogens (tertiary/aromatic N) is 1. The molecule has 0 fully saturated rings. The number of carbonyl (C=O) groups is 1. The largest absolute Gasteiger partial charge is 0.304 e. The molecule has 1 aromatic rings. The summed E-state index contributed by atoms with van der Waals surface area (Å²) in [6.45, 7) is 9.97. The second-order valence-electron chi connectivity index (χ2n) is 3.44. The number of hydrogen-bond acceptors (Lipinski definition) is 4. The summed E-state index contributed by atoms with van der Waals surface area (Å²) in [5, 5.41) is 3.04. The van der Waals surface area contributed by atoms with Gasteiger partial charge in [0.05, 0.1) is 17.1 Å². The normalized spacial score (nSPS) is 11.2. The van der Waals surface area contributed by atoms with E-state index < -0.39 is 0 Å². The Morgan fingerprint density at radius 3 is 2.76 bits per heavy atom. The van der Waals surface area contributed by atoms with Gasteiger partial charge >= 0.3 is 0 Å². The van der Waals surface area contributed by atoms with E-state index >= 15 is 0 Å². The van der Waals surface area contributed by atoms with Gasteiger partial charge in [0.2, 0.25) is 0 Å². The van der Waals surface area contributed by atoms with E-state index in [-0.39, 0.29) is 5.78 Å². The molecule has 1 heterocycles. The van der Waals surface area contributed by atoms with E-state index in [1.807, 2.05) is 19.1 Å². The first-order chi connectivity index (χ1) is 8.17. The summed E-state index contributed by atoms with van der Waals surface area (Å²) in [5.74, 6) is 0.102. The molecule has 1 N–H and O–H groups in total. The highest BCUT2D eigenvalue weighted by Crippen LogP contribution is 2.14. The molecule has 0 spiro atoms. The zero-order valence-electron chi connectivity index (χ0n) is 9.90. The van der Waals surface area contributed by atoms with Gasteiger partial charge in [0, 0.05) is 17.6 Å². The fraction of sp³-hybridized carbons (Fsp3) is 0.231. The number of nitrogens with one attached hydrogen (secondary N) is 1. The van der Waals surface area contributed by atoms with Crippen molar-refractivity contribution < 1.29 is 4.79 Å². The number of hydrogen-bond donors (Lipinski definition) is 1. The lowest BCUT2D eigenvalue weighted by Crippen LogP contribution is -2.27. The molecule has 4 heteroatoms. The standard InChI is InChI=1S/C13H16N2OS/c1-4-11(15-5-2)8-14-9-12(16)13-7-6-10(3)17-13/h4-7,14H,1-2,8-9H2,3H3. The van der Waals surface area contributed by atoms with E-state index in [4.69, 9.17) is 0 Å². The predicted molar refractivity (Wildman–Crippen MR) is 74.1 cm³/mol. The molecule has 0 aliphatic rings. The van der Waals surface area contributed by atoms with Crippen LogP contribution in [0.2, 0.25) is 0 Å². The van der Waals surface area contributed by atoms with Crippen LogP contribution in [0.25, 0.3) is 0 Å². The number of Topliss-reactive ketones (excluding diaryl/α,β-unsaturated/α-hetero) is 1. The van der Waals surface area contributed by atoms with Crippen LogP contribution in [0.15, 0.2) is 42.6 Å². The fourth-order valence-corrected chi connectivity index (χ4v) is 2.07. The van der Waals surface area contributed by atoms with Crippen LogP contribution in [0.1, 0.15) is 14.5 Å². The van der Waals surface area contributed by atoms with E-state index in [2.05, 4.69) is 23.5 Å². The van der Waals surface area contributed by atoms with Crippen molar-refractivity contribution in [1.29, 1.82) is 0 Å². The third-order valence-corrected chi connectivity index (χ3v) is 3.14. The van der Waals surface area contributed by atoms with Crippen molar-refractivity contribution in [3.8, 4) is 0 Å². The minimum absolute atomic E-state index is 0.102. The van der Waals surface area contributed by atoms with E-state index in [1.54, 1.807) is 6.08 Å². The molecule has 90 valence electrons. The summed E-state index contributed by atoms with van der Waals surface area (Å²) in [7, 11) is 0. The number of rotatable bonds is 7. The second-order valence-corrected chi connectivity index (χ2v) is 4.73. The van der Waals surface area contributed by atoms with Crippen LogP contribution < -0.4 is 5.32 Å². The molecule has 0 saturated heterocycles. The van der Waals surface area contributed by atoms with Gasteiger partial charge in [-0.2, -0.15) is 0 Å². The van der Waals surface area contributed by atoms with Crippen molar-refractivity contribution in [3.63, 3.8) is 0 Å². The molecule has 1 aromatic heterocycles. The zero-order valence-corrected chi connectivity index (χ0v) is 10.7. The van der Waals surface area contributed by atoms with Crippen LogP contribution in [0.4, 0.5) is 0 Å². The quantitative estimate of drug-likeness (QED) is 0.595. The van der Waals surface area contributed by atoms with Crippen molar-refractivity contribution in [1.82, 2.24) is 5.32 Å². The SMILES string of the molecule is C=CN=C(C=C)CNCC(=O)c1ccc(C)s1. The topological polar surface area (TPSA) is 41.5 Å². The van der Waals surface area contributed by atoms with Gasteiger partial charge in [-0.25, -0.2) is 0 Å². The molecule has 0 aliphatic heterocycles. The Hall–Kier alpha value is -1.52. The first-order valence-electron chi connectivity index (χ1n) is 5.27. The maximum atomic E-state index is 11.7. The molecule has 0 unspecified atom stereocenters. The van der Waals surface area contributed by atoms with E-state index in [0.717, 1.165) is 15.5 Å². The van der Waals surface area contributed by atoms with Gasteiger partial charge in [-0.1, -0.05) is 13.2 Å². The molecule has 0 saturated carbocycles. The van der Waals surface area contributed by atoms with Crippen LogP contribution in [0, 0.1) is 6.92 Å². The van der Waals surface area contributed by atoms with Crippen LogP contribution >= 0.6 is 11.3 Å². The van der Waals surface area contributed by atoms with E-state index in [0.29, 0.717) is 13.1 Å². The predicted octanol–water partition coefficient (Wildman–Crippen LogP) is 2.60. The Balaban J connectivity index is 2.41. The van der Waals surface area contributed by atoms with E-state index in [1.165, 1.54) is 17.5 Å². The van der Waals surface area contributed by atoms with Gasteiger partial charge in [0.25, 0.3) is 0 Å². The second kappa shape index (κ2) is 6.93. The zero-order chi connectivity index (χ0) is 12.7. The summed E-state index contributed by atoms with van der Waals surface area (Å²) in [6, 6.07) is 3.81. The van der Waals surface area contributed by atoms with Gasteiger partial charge in [0.1, 0.15) is 0 Å². The van der Waals surface area contributed by atoms with Crippen LogP contribution in [-0.2, 0) is 0 Å². The van der Waals surface area contributed by atoms with Gasteiger partial charge in [0.15, 0.2) is 5.78 Å². The monoisotopic (exact) mass is 248 g/mol. The molecule has 0 amide bonds. The lowest BCUT2D eigenvalue weighted by Gasteiger charge is -2.02. The first kappa shape index (κ1) is 13.5. The van der Waals surface area contributed by atoms with Gasteiger partial charge in [-0.3, -0.25) is 9.79 Å². The summed E-state index contributed by atoms with van der Waals surface area (Å²) >= 11 is 1.51. The minimum Gasteiger partial charge on any atom is -0.304 e. The van der Waals surface area contributed by atoms with Crippen LogP contribution in [0.5, 0.6) is 0 Å². The summed E-state index contributed by atoms with van der Waals surface area (Å²) in [5.41, 5.74) is 0.773. The van der Waals surface area contributed by atoms with Crippen LogP contribution in [0.3, 0.4) is 0 Å². The average molecular weight is 248 g/mol. The Bertz CT molecular complexity index is 446. The number of carbonyl (C=O) groups excluding carboxylic acids is 1. The van der Waals surface area contributed by atoms with Gasteiger partial charge < -0.3 is 5.32 Å². The lowest BCUT2D eigenvalue weighted by molar-refractivity contribution is 0.0996. The molecule has 3 nitrogen and oxygen atoms in total. The molecule has 0 bridgehead atoms. The minimum atomic E-state index is 0.102.